The highest BCUT2D eigenvalue weighted by Gasteiger charge is 2.20. The van der Waals surface area contributed by atoms with Crippen LogP contribution < -0.4 is 5.32 Å². The van der Waals surface area contributed by atoms with Crippen LogP contribution in [-0.4, -0.2) is 33.3 Å². The van der Waals surface area contributed by atoms with E-state index in [0.717, 1.165) is 38.5 Å². The highest BCUT2D eigenvalue weighted by molar-refractivity contribution is 5.76. The number of aryl methyl sites for hydroxylation is 2. The maximum absolute atomic E-state index is 11.8. The average molecular weight is 281 g/mol. The predicted octanol–water partition coefficient (Wildman–Crippen LogP) is 1.37. The van der Waals surface area contributed by atoms with Gasteiger partial charge in [0.25, 0.3) is 0 Å². The van der Waals surface area contributed by atoms with E-state index in [9.17, 15) is 9.90 Å². The topological polar surface area (TPSA) is 88.2 Å². The normalized spacial score (nSPS) is 22.7. The molecule has 1 heterocycles. The molecule has 1 aliphatic carbocycles. The van der Waals surface area contributed by atoms with Crippen molar-refractivity contribution in [3.63, 3.8) is 0 Å². The maximum atomic E-state index is 11.8. The van der Waals surface area contributed by atoms with E-state index in [4.69, 9.17) is 4.52 Å². The summed E-state index contributed by atoms with van der Waals surface area (Å²) < 4.78 is 5.10. The quantitative estimate of drug-likeness (QED) is 0.822. The fraction of sp³-hybridized carbons (Fsp3) is 0.786. The van der Waals surface area contributed by atoms with E-state index in [1.807, 2.05) is 0 Å². The van der Waals surface area contributed by atoms with E-state index in [0.29, 0.717) is 24.6 Å². The number of nitrogens with one attached hydrogen (secondary N) is 1. The van der Waals surface area contributed by atoms with Gasteiger partial charge in [0, 0.05) is 25.3 Å². The van der Waals surface area contributed by atoms with Gasteiger partial charge < -0.3 is 14.9 Å². The Kier molecular flexibility index (Phi) is 5.52. The monoisotopic (exact) mass is 281 g/mol. The summed E-state index contributed by atoms with van der Waals surface area (Å²) in [5.41, 5.74) is 0. The second-order valence-electron chi connectivity index (χ2n) is 5.43. The summed E-state index contributed by atoms with van der Waals surface area (Å²) >= 11 is 0. The van der Waals surface area contributed by atoms with Crippen LogP contribution in [0.25, 0.3) is 0 Å². The first-order chi connectivity index (χ1) is 9.67. The number of carbonyl (C=O) groups excluding carboxylic acids is 1. The standard InChI is InChI=1S/C14H23N3O3/c1-2-3-12-16-14(20-17-12)9-8-13(19)15-10-4-6-11(18)7-5-10/h10-11,18H,2-9H2,1H3,(H,15,19). The zero-order valence-corrected chi connectivity index (χ0v) is 12.0. The first kappa shape index (κ1) is 15.0. The number of hydrogen-bond acceptors (Lipinski definition) is 5. The SMILES string of the molecule is CCCc1noc(CCC(=O)NC2CCC(O)CC2)n1. The van der Waals surface area contributed by atoms with Gasteiger partial charge in [0.15, 0.2) is 5.82 Å². The molecule has 1 amide bonds. The molecule has 2 rings (SSSR count). The fourth-order valence-electron chi connectivity index (χ4n) is 2.46. The Hall–Kier alpha value is -1.43. The number of amides is 1. The molecule has 0 aromatic carbocycles. The Balaban J connectivity index is 1.69. The zero-order chi connectivity index (χ0) is 14.4. The molecule has 1 aliphatic rings. The van der Waals surface area contributed by atoms with Gasteiger partial charge in [-0.05, 0) is 32.1 Å². The van der Waals surface area contributed by atoms with Gasteiger partial charge in [-0.15, -0.1) is 0 Å². The van der Waals surface area contributed by atoms with Crippen LogP contribution in [0.5, 0.6) is 0 Å². The molecule has 6 heteroatoms. The van der Waals surface area contributed by atoms with Crippen molar-refractivity contribution in [3.05, 3.63) is 11.7 Å². The van der Waals surface area contributed by atoms with Crippen LogP contribution in [0.4, 0.5) is 0 Å². The van der Waals surface area contributed by atoms with Crippen LogP contribution in [0.2, 0.25) is 0 Å². The Morgan fingerprint density at radius 3 is 2.80 bits per heavy atom. The van der Waals surface area contributed by atoms with Crippen LogP contribution in [0.15, 0.2) is 4.52 Å². The first-order valence-corrected chi connectivity index (χ1v) is 7.46. The molecular formula is C14H23N3O3. The lowest BCUT2D eigenvalue weighted by Crippen LogP contribution is -2.38. The molecule has 1 saturated carbocycles. The molecule has 0 aliphatic heterocycles. The lowest BCUT2D eigenvalue weighted by Gasteiger charge is -2.26. The number of carbonyl (C=O) groups is 1. The molecule has 0 atom stereocenters. The Morgan fingerprint density at radius 2 is 2.10 bits per heavy atom. The summed E-state index contributed by atoms with van der Waals surface area (Å²) in [5, 5.41) is 16.3. The van der Waals surface area contributed by atoms with Gasteiger partial charge in [-0.1, -0.05) is 12.1 Å². The van der Waals surface area contributed by atoms with Crippen molar-refractivity contribution in [2.75, 3.05) is 0 Å². The largest absolute Gasteiger partial charge is 0.393 e. The summed E-state index contributed by atoms with van der Waals surface area (Å²) in [5.74, 6) is 1.26. The van der Waals surface area contributed by atoms with Gasteiger partial charge in [0.1, 0.15) is 0 Å². The van der Waals surface area contributed by atoms with Crippen molar-refractivity contribution in [1.82, 2.24) is 15.5 Å². The molecule has 0 unspecified atom stereocenters. The van der Waals surface area contributed by atoms with Crippen molar-refractivity contribution in [3.8, 4) is 0 Å². The minimum atomic E-state index is -0.196. The van der Waals surface area contributed by atoms with E-state index >= 15 is 0 Å². The summed E-state index contributed by atoms with van der Waals surface area (Å²) in [6.07, 6.45) is 5.70. The lowest BCUT2D eigenvalue weighted by atomic mass is 9.93. The van der Waals surface area contributed by atoms with E-state index in [1.54, 1.807) is 0 Å². The highest BCUT2D eigenvalue weighted by atomic mass is 16.5. The van der Waals surface area contributed by atoms with Gasteiger partial charge in [-0.25, -0.2) is 0 Å². The maximum Gasteiger partial charge on any atom is 0.227 e. The Morgan fingerprint density at radius 1 is 1.35 bits per heavy atom. The third-order valence-corrected chi connectivity index (χ3v) is 3.61. The van der Waals surface area contributed by atoms with Crippen molar-refractivity contribution in [2.45, 2.75) is 70.4 Å². The molecule has 1 aromatic heterocycles. The summed E-state index contributed by atoms with van der Waals surface area (Å²) in [4.78, 5) is 16.1. The molecule has 0 radical (unpaired) electrons. The second kappa shape index (κ2) is 7.38. The number of aliphatic hydroxyl groups is 1. The zero-order valence-electron chi connectivity index (χ0n) is 12.0. The van der Waals surface area contributed by atoms with Crippen LogP contribution in [0.3, 0.4) is 0 Å². The molecule has 0 saturated heterocycles. The van der Waals surface area contributed by atoms with Gasteiger partial charge in [0.05, 0.1) is 6.10 Å². The molecular weight excluding hydrogens is 258 g/mol. The van der Waals surface area contributed by atoms with Gasteiger partial charge in [-0.3, -0.25) is 4.79 Å². The third kappa shape index (κ3) is 4.59. The summed E-state index contributed by atoms with van der Waals surface area (Å²) in [6.45, 7) is 2.06. The third-order valence-electron chi connectivity index (χ3n) is 3.61. The lowest BCUT2D eigenvalue weighted by molar-refractivity contribution is -0.122. The van der Waals surface area contributed by atoms with Crippen LogP contribution in [0.1, 0.15) is 57.2 Å². The predicted molar refractivity (Wildman–Crippen MR) is 73.0 cm³/mol. The molecule has 0 spiro atoms. The molecule has 0 bridgehead atoms. The van der Waals surface area contributed by atoms with Crippen LogP contribution in [-0.2, 0) is 17.6 Å². The number of aliphatic hydroxyl groups excluding tert-OH is 1. The van der Waals surface area contributed by atoms with E-state index in [-0.39, 0.29) is 18.1 Å². The van der Waals surface area contributed by atoms with Crippen molar-refractivity contribution < 1.29 is 14.4 Å². The second-order valence-corrected chi connectivity index (χ2v) is 5.43. The fourth-order valence-corrected chi connectivity index (χ4v) is 2.46. The minimum Gasteiger partial charge on any atom is -0.393 e. The number of aromatic nitrogens is 2. The van der Waals surface area contributed by atoms with Crippen molar-refractivity contribution in [1.29, 1.82) is 0 Å². The van der Waals surface area contributed by atoms with Gasteiger partial charge in [-0.2, -0.15) is 4.98 Å². The van der Waals surface area contributed by atoms with Gasteiger partial charge >= 0.3 is 0 Å². The molecule has 1 fully saturated rings. The smallest absolute Gasteiger partial charge is 0.227 e. The number of rotatable bonds is 6. The Labute approximate surface area is 118 Å². The van der Waals surface area contributed by atoms with E-state index in [2.05, 4.69) is 22.4 Å². The van der Waals surface area contributed by atoms with Crippen LogP contribution >= 0.6 is 0 Å². The highest BCUT2D eigenvalue weighted by Crippen LogP contribution is 2.18. The van der Waals surface area contributed by atoms with E-state index in [1.165, 1.54) is 0 Å². The van der Waals surface area contributed by atoms with Crippen molar-refractivity contribution in [2.24, 2.45) is 0 Å². The molecule has 2 N–H and O–H groups in total. The van der Waals surface area contributed by atoms with E-state index < -0.39 is 0 Å². The van der Waals surface area contributed by atoms with Gasteiger partial charge in [0.2, 0.25) is 11.8 Å². The molecule has 6 nitrogen and oxygen atoms in total. The van der Waals surface area contributed by atoms with Crippen LogP contribution in [0, 0.1) is 0 Å². The van der Waals surface area contributed by atoms with Crippen molar-refractivity contribution >= 4 is 5.91 Å². The molecule has 1 aromatic rings. The number of nitrogens with zero attached hydrogens (tertiary/aromatic N) is 2. The average Bonchev–Trinajstić information content (AvgIpc) is 2.87. The summed E-state index contributed by atoms with van der Waals surface area (Å²) in [6, 6.07) is 0.198. The number of hydrogen-bond donors (Lipinski definition) is 2. The molecule has 112 valence electrons. The first-order valence-electron chi connectivity index (χ1n) is 7.46. The minimum absolute atomic E-state index is 0.0154. The summed E-state index contributed by atoms with van der Waals surface area (Å²) in [7, 11) is 0. The molecule has 20 heavy (non-hydrogen) atoms. The Bertz CT molecular complexity index is 425.